The first kappa shape index (κ1) is 10.6. The zero-order valence-corrected chi connectivity index (χ0v) is 10.3. The topological polar surface area (TPSA) is 15.3 Å². The lowest BCUT2D eigenvalue weighted by Crippen LogP contribution is -2.21. The van der Waals surface area contributed by atoms with Crippen molar-refractivity contribution in [2.45, 2.75) is 18.0 Å². The molecule has 4 rings (SSSR count). The number of anilines is 1. The maximum absolute atomic E-state index is 13.2. The smallest absolute Gasteiger partial charge is 0.119 e. The van der Waals surface area contributed by atoms with Gasteiger partial charge in [0.05, 0.1) is 0 Å². The normalized spacial score (nSPS) is 33.5. The first-order chi connectivity index (χ1) is 8.78. The van der Waals surface area contributed by atoms with Crippen molar-refractivity contribution in [3.63, 3.8) is 0 Å². The third-order valence-electron chi connectivity index (χ3n) is 4.51. The van der Waals surface area contributed by atoms with Crippen molar-refractivity contribution in [1.82, 2.24) is 5.32 Å². The summed E-state index contributed by atoms with van der Waals surface area (Å²) in [6.45, 7) is 3.47. The molecule has 2 fully saturated rings. The van der Waals surface area contributed by atoms with E-state index in [1.54, 1.807) is 0 Å². The van der Waals surface area contributed by atoms with Gasteiger partial charge in [-0.2, -0.15) is 0 Å². The molecule has 2 unspecified atom stereocenters. The predicted molar refractivity (Wildman–Crippen MR) is 70.8 cm³/mol. The molecule has 0 spiro atoms. The van der Waals surface area contributed by atoms with E-state index in [2.05, 4.69) is 40.6 Å². The average Bonchev–Trinajstić information content (AvgIpc) is 2.75. The van der Waals surface area contributed by atoms with Crippen LogP contribution in [-0.4, -0.2) is 32.4 Å². The summed E-state index contributed by atoms with van der Waals surface area (Å²) in [4.78, 5) is 2.14. The molecule has 0 radical (unpaired) electrons. The molecule has 18 heavy (non-hydrogen) atoms. The second-order valence-electron chi connectivity index (χ2n) is 5.62. The lowest BCUT2D eigenvalue weighted by Gasteiger charge is -2.19. The summed E-state index contributed by atoms with van der Waals surface area (Å²) in [6.07, 6.45) is 2.38. The highest BCUT2D eigenvalue weighted by Crippen LogP contribution is 2.49. The van der Waals surface area contributed by atoms with Crippen LogP contribution in [0.2, 0.25) is 0 Å². The summed E-state index contributed by atoms with van der Waals surface area (Å²) in [7, 11) is 0. The molecule has 0 aromatic heterocycles. The summed E-state index contributed by atoms with van der Waals surface area (Å²) in [5.74, 6) is 0. The van der Waals surface area contributed by atoms with E-state index < -0.39 is 6.17 Å². The molecule has 2 aliphatic heterocycles. The van der Waals surface area contributed by atoms with Gasteiger partial charge in [0.15, 0.2) is 0 Å². The van der Waals surface area contributed by atoms with E-state index in [1.807, 2.05) is 0 Å². The molecule has 2 atom stereocenters. The van der Waals surface area contributed by atoms with Crippen LogP contribution in [-0.2, 0) is 5.41 Å². The summed E-state index contributed by atoms with van der Waals surface area (Å²) in [5, 5.41) is 3.41. The first-order valence-corrected chi connectivity index (χ1v) is 6.70. The standard InChI is InChI=1S/C15H17FN2/c16-13-5-6-18(9-13)14-3-1-11(2-4-14)15-7-12(15)8-17-10-15/h1-4,7,13,17H,5-6,8-10H2. The van der Waals surface area contributed by atoms with Crippen LogP contribution in [0, 0.1) is 0 Å². The van der Waals surface area contributed by atoms with Crippen LogP contribution in [0.3, 0.4) is 0 Å². The molecule has 0 bridgehead atoms. The molecular weight excluding hydrogens is 227 g/mol. The number of halogens is 1. The monoisotopic (exact) mass is 244 g/mol. The predicted octanol–water partition coefficient (Wildman–Crippen LogP) is 2.02. The third kappa shape index (κ3) is 1.43. The highest BCUT2D eigenvalue weighted by atomic mass is 19.1. The Morgan fingerprint density at radius 2 is 2.11 bits per heavy atom. The minimum absolute atomic E-state index is 0.228. The fourth-order valence-electron chi connectivity index (χ4n) is 3.32. The fourth-order valence-corrected chi connectivity index (χ4v) is 3.32. The Labute approximate surface area is 106 Å². The van der Waals surface area contributed by atoms with Crippen molar-refractivity contribution < 1.29 is 4.39 Å². The van der Waals surface area contributed by atoms with Crippen molar-refractivity contribution in [3.8, 4) is 0 Å². The lowest BCUT2D eigenvalue weighted by molar-refractivity contribution is 0.364. The van der Waals surface area contributed by atoms with Crippen LogP contribution < -0.4 is 10.2 Å². The van der Waals surface area contributed by atoms with E-state index in [4.69, 9.17) is 0 Å². The van der Waals surface area contributed by atoms with E-state index in [-0.39, 0.29) is 5.41 Å². The molecule has 94 valence electrons. The number of benzene rings is 1. The Kier molecular flexibility index (Phi) is 2.10. The van der Waals surface area contributed by atoms with Gasteiger partial charge in [-0.25, -0.2) is 4.39 Å². The number of fused-ring (bicyclic) bond motifs is 1. The van der Waals surface area contributed by atoms with Gasteiger partial charge in [-0.1, -0.05) is 18.2 Å². The minimum atomic E-state index is -0.654. The van der Waals surface area contributed by atoms with Gasteiger partial charge in [0, 0.05) is 37.3 Å². The summed E-state index contributed by atoms with van der Waals surface area (Å²) in [5.41, 5.74) is 4.29. The van der Waals surface area contributed by atoms with E-state index >= 15 is 0 Å². The van der Waals surface area contributed by atoms with Gasteiger partial charge in [-0.15, -0.1) is 0 Å². The molecule has 3 heteroatoms. The molecule has 1 N–H and O–H groups in total. The van der Waals surface area contributed by atoms with Crippen molar-refractivity contribution in [2.75, 3.05) is 31.1 Å². The van der Waals surface area contributed by atoms with Gasteiger partial charge in [-0.05, 0) is 29.7 Å². The van der Waals surface area contributed by atoms with Gasteiger partial charge in [-0.3, -0.25) is 0 Å². The molecule has 0 amide bonds. The molecule has 1 aromatic rings. The van der Waals surface area contributed by atoms with E-state index in [1.165, 1.54) is 11.1 Å². The molecule has 2 heterocycles. The van der Waals surface area contributed by atoms with Crippen molar-refractivity contribution in [1.29, 1.82) is 0 Å². The van der Waals surface area contributed by atoms with Gasteiger partial charge in [0.1, 0.15) is 6.17 Å². The van der Waals surface area contributed by atoms with E-state index in [9.17, 15) is 4.39 Å². The van der Waals surface area contributed by atoms with Gasteiger partial charge in [0.2, 0.25) is 0 Å². The number of hydrogen-bond donors (Lipinski definition) is 1. The van der Waals surface area contributed by atoms with Crippen LogP contribution in [0.1, 0.15) is 12.0 Å². The first-order valence-electron chi connectivity index (χ1n) is 6.70. The highest BCUT2D eigenvalue weighted by Gasteiger charge is 2.48. The highest BCUT2D eigenvalue weighted by molar-refractivity contribution is 5.61. The largest absolute Gasteiger partial charge is 0.369 e. The molecule has 0 saturated carbocycles. The van der Waals surface area contributed by atoms with Gasteiger partial charge in [0.25, 0.3) is 0 Å². The van der Waals surface area contributed by atoms with E-state index in [0.29, 0.717) is 13.0 Å². The number of nitrogens with one attached hydrogen (secondary N) is 1. The molecule has 1 aromatic carbocycles. The van der Waals surface area contributed by atoms with Crippen molar-refractivity contribution in [2.24, 2.45) is 0 Å². The Bertz CT molecular complexity index is 508. The lowest BCUT2D eigenvalue weighted by atomic mass is 9.92. The number of hydrogen-bond acceptors (Lipinski definition) is 2. The average molecular weight is 244 g/mol. The van der Waals surface area contributed by atoms with Crippen LogP contribution >= 0.6 is 0 Å². The molecule has 3 aliphatic rings. The maximum atomic E-state index is 13.2. The van der Waals surface area contributed by atoms with Crippen LogP contribution in [0.4, 0.5) is 10.1 Å². The second kappa shape index (κ2) is 3.58. The van der Waals surface area contributed by atoms with Crippen LogP contribution in [0.15, 0.2) is 35.9 Å². The van der Waals surface area contributed by atoms with Crippen LogP contribution in [0.25, 0.3) is 0 Å². The third-order valence-corrected chi connectivity index (χ3v) is 4.51. The SMILES string of the molecule is FC1CCN(c2ccc(C34C=C3CNC4)cc2)C1. The van der Waals surface area contributed by atoms with Gasteiger partial charge >= 0.3 is 0 Å². The maximum Gasteiger partial charge on any atom is 0.119 e. The summed E-state index contributed by atoms with van der Waals surface area (Å²) in [6, 6.07) is 8.70. The zero-order valence-electron chi connectivity index (χ0n) is 10.3. The fraction of sp³-hybridized carbons (Fsp3) is 0.467. The summed E-state index contributed by atoms with van der Waals surface area (Å²) >= 11 is 0. The zero-order chi connectivity index (χ0) is 12.2. The molecule has 2 nitrogen and oxygen atoms in total. The molecule has 1 aliphatic carbocycles. The number of alkyl halides is 1. The summed E-state index contributed by atoms with van der Waals surface area (Å²) < 4.78 is 13.2. The number of rotatable bonds is 2. The van der Waals surface area contributed by atoms with Gasteiger partial charge < -0.3 is 10.2 Å². The Morgan fingerprint density at radius 3 is 2.67 bits per heavy atom. The molecule has 2 saturated heterocycles. The second-order valence-corrected chi connectivity index (χ2v) is 5.62. The molecular formula is C15H17FN2. The van der Waals surface area contributed by atoms with Crippen LogP contribution in [0.5, 0.6) is 0 Å². The van der Waals surface area contributed by atoms with E-state index in [0.717, 1.165) is 25.3 Å². The minimum Gasteiger partial charge on any atom is -0.369 e. The Hall–Kier alpha value is -1.35. The van der Waals surface area contributed by atoms with Crippen molar-refractivity contribution in [3.05, 3.63) is 41.5 Å². The Balaban J connectivity index is 1.55. The quantitative estimate of drug-likeness (QED) is 0.801. The Morgan fingerprint density at radius 1 is 1.28 bits per heavy atom. The van der Waals surface area contributed by atoms with Crippen molar-refractivity contribution >= 4 is 5.69 Å². The number of nitrogens with zero attached hydrogens (tertiary/aromatic N) is 1.